The molecule has 0 saturated heterocycles. The standard InChI is InChI=1S/C10H21NOS/c1-8(11)10(6-12)13-7-9-4-2-3-5-9/h8-10,12H,2-7,11H2,1H3. The number of hydrogen-bond donors (Lipinski definition) is 2. The molecule has 0 aromatic carbocycles. The third kappa shape index (κ3) is 3.88. The molecule has 2 unspecified atom stereocenters. The average Bonchev–Trinajstić information content (AvgIpc) is 2.57. The summed E-state index contributed by atoms with van der Waals surface area (Å²) in [4.78, 5) is 0. The van der Waals surface area contributed by atoms with Gasteiger partial charge in [0.15, 0.2) is 0 Å². The van der Waals surface area contributed by atoms with Gasteiger partial charge in [-0.3, -0.25) is 0 Å². The van der Waals surface area contributed by atoms with Crippen molar-refractivity contribution in [2.75, 3.05) is 12.4 Å². The van der Waals surface area contributed by atoms with Gasteiger partial charge in [0, 0.05) is 11.3 Å². The van der Waals surface area contributed by atoms with E-state index < -0.39 is 0 Å². The zero-order valence-corrected chi connectivity index (χ0v) is 9.22. The van der Waals surface area contributed by atoms with Crippen molar-refractivity contribution in [1.82, 2.24) is 0 Å². The van der Waals surface area contributed by atoms with E-state index >= 15 is 0 Å². The van der Waals surface area contributed by atoms with E-state index in [0.29, 0.717) is 0 Å². The molecule has 1 rings (SSSR count). The Hall–Kier alpha value is 0.270. The Morgan fingerprint density at radius 2 is 2.08 bits per heavy atom. The highest BCUT2D eigenvalue weighted by molar-refractivity contribution is 8.00. The highest BCUT2D eigenvalue weighted by Crippen LogP contribution is 2.29. The molecular formula is C10H21NOS. The van der Waals surface area contributed by atoms with Gasteiger partial charge in [-0.25, -0.2) is 0 Å². The van der Waals surface area contributed by atoms with Gasteiger partial charge in [-0.2, -0.15) is 11.8 Å². The van der Waals surface area contributed by atoms with Crippen LogP contribution in [-0.4, -0.2) is 28.8 Å². The van der Waals surface area contributed by atoms with Crippen LogP contribution in [0.5, 0.6) is 0 Å². The molecule has 0 amide bonds. The van der Waals surface area contributed by atoms with Crippen LogP contribution < -0.4 is 5.73 Å². The summed E-state index contributed by atoms with van der Waals surface area (Å²) in [6.07, 6.45) is 5.55. The predicted octanol–water partition coefficient (Wildman–Crippen LogP) is 1.62. The molecule has 3 heteroatoms. The van der Waals surface area contributed by atoms with Crippen LogP contribution in [-0.2, 0) is 0 Å². The van der Waals surface area contributed by atoms with E-state index in [-0.39, 0.29) is 17.9 Å². The maximum Gasteiger partial charge on any atom is 0.0564 e. The number of nitrogens with two attached hydrogens (primary N) is 1. The van der Waals surface area contributed by atoms with Crippen molar-refractivity contribution in [3.05, 3.63) is 0 Å². The number of thioether (sulfide) groups is 1. The van der Waals surface area contributed by atoms with Gasteiger partial charge in [-0.05, 0) is 31.4 Å². The van der Waals surface area contributed by atoms with Gasteiger partial charge in [0.2, 0.25) is 0 Å². The molecule has 0 aromatic heterocycles. The van der Waals surface area contributed by atoms with Crippen LogP contribution in [0.15, 0.2) is 0 Å². The molecule has 2 nitrogen and oxygen atoms in total. The molecule has 0 radical (unpaired) electrons. The largest absolute Gasteiger partial charge is 0.395 e. The number of rotatable bonds is 5. The topological polar surface area (TPSA) is 46.2 Å². The molecule has 2 atom stereocenters. The van der Waals surface area contributed by atoms with Crippen molar-refractivity contribution in [2.24, 2.45) is 11.7 Å². The molecular weight excluding hydrogens is 182 g/mol. The summed E-state index contributed by atoms with van der Waals surface area (Å²) in [5.74, 6) is 2.07. The lowest BCUT2D eigenvalue weighted by molar-refractivity contribution is 0.285. The summed E-state index contributed by atoms with van der Waals surface area (Å²) in [6, 6.07) is 0.108. The van der Waals surface area contributed by atoms with Crippen molar-refractivity contribution >= 4 is 11.8 Å². The lowest BCUT2D eigenvalue weighted by atomic mass is 10.1. The molecule has 0 aromatic rings. The van der Waals surface area contributed by atoms with Crippen LogP contribution in [0.2, 0.25) is 0 Å². The van der Waals surface area contributed by atoms with Gasteiger partial charge in [0.25, 0.3) is 0 Å². The molecule has 0 aliphatic heterocycles. The van der Waals surface area contributed by atoms with Gasteiger partial charge in [-0.1, -0.05) is 12.8 Å². The molecule has 1 aliphatic carbocycles. The first-order chi connectivity index (χ1) is 6.24. The summed E-state index contributed by atoms with van der Waals surface area (Å²) < 4.78 is 0. The van der Waals surface area contributed by atoms with Crippen LogP contribution in [0.3, 0.4) is 0 Å². The van der Waals surface area contributed by atoms with E-state index in [1.807, 2.05) is 18.7 Å². The third-order valence-corrected chi connectivity index (χ3v) is 4.46. The molecule has 1 saturated carbocycles. The monoisotopic (exact) mass is 203 g/mol. The van der Waals surface area contributed by atoms with Gasteiger partial charge in [-0.15, -0.1) is 0 Å². The fourth-order valence-electron chi connectivity index (χ4n) is 1.81. The summed E-state index contributed by atoms with van der Waals surface area (Å²) in [7, 11) is 0. The molecule has 13 heavy (non-hydrogen) atoms. The number of aliphatic hydroxyl groups is 1. The minimum Gasteiger partial charge on any atom is -0.395 e. The van der Waals surface area contributed by atoms with E-state index in [4.69, 9.17) is 10.8 Å². The quantitative estimate of drug-likeness (QED) is 0.714. The highest BCUT2D eigenvalue weighted by atomic mass is 32.2. The first-order valence-electron chi connectivity index (χ1n) is 5.22. The Bertz CT molecular complexity index is 135. The minimum atomic E-state index is 0.108. The molecule has 0 heterocycles. The van der Waals surface area contributed by atoms with E-state index in [1.165, 1.54) is 31.4 Å². The molecule has 0 spiro atoms. The molecule has 1 aliphatic rings. The molecule has 78 valence electrons. The fourth-order valence-corrected chi connectivity index (χ4v) is 3.07. The van der Waals surface area contributed by atoms with Crippen molar-refractivity contribution in [2.45, 2.75) is 43.9 Å². The Balaban J connectivity index is 2.15. The first-order valence-corrected chi connectivity index (χ1v) is 6.27. The van der Waals surface area contributed by atoms with E-state index in [0.717, 1.165) is 5.92 Å². The normalized spacial score (nSPS) is 23.3. The maximum atomic E-state index is 9.07. The van der Waals surface area contributed by atoms with Gasteiger partial charge in [0.05, 0.1) is 6.61 Å². The minimum absolute atomic E-state index is 0.108. The van der Waals surface area contributed by atoms with Crippen molar-refractivity contribution < 1.29 is 5.11 Å². The van der Waals surface area contributed by atoms with Crippen molar-refractivity contribution in [1.29, 1.82) is 0 Å². The van der Waals surface area contributed by atoms with Gasteiger partial charge in [0.1, 0.15) is 0 Å². The molecule has 3 N–H and O–H groups in total. The van der Waals surface area contributed by atoms with Gasteiger partial charge >= 0.3 is 0 Å². The maximum absolute atomic E-state index is 9.07. The van der Waals surface area contributed by atoms with Gasteiger partial charge < -0.3 is 10.8 Å². The second-order valence-corrected chi connectivity index (χ2v) is 5.34. The number of hydrogen-bond acceptors (Lipinski definition) is 3. The zero-order valence-electron chi connectivity index (χ0n) is 8.41. The van der Waals surface area contributed by atoms with Crippen LogP contribution in [0.4, 0.5) is 0 Å². The van der Waals surface area contributed by atoms with E-state index in [1.54, 1.807) is 0 Å². The Morgan fingerprint density at radius 1 is 1.46 bits per heavy atom. The Morgan fingerprint density at radius 3 is 2.54 bits per heavy atom. The average molecular weight is 203 g/mol. The van der Waals surface area contributed by atoms with Crippen LogP contribution in [0.25, 0.3) is 0 Å². The molecule has 1 fully saturated rings. The summed E-state index contributed by atoms with van der Waals surface area (Å²) in [5.41, 5.74) is 5.75. The lowest BCUT2D eigenvalue weighted by Gasteiger charge is -2.19. The van der Waals surface area contributed by atoms with E-state index in [9.17, 15) is 0 Å². The third-order valence-electron chi connectivity index (χ3n) is 2.79. The van der Waals surface area contributed by atoms with Crippen LogP contribution in [0.1, 0.15) is 32.6 Å². The zero-order chi connectivity index (χ0) is 9.68. The number of aliphatic hydroxyl groups excluding tert-OH is 1. The van der Waals surface area contributed by atoms with Crippen molar-refractivity contribution in [3.8, 4) is 0 Å². The SMILES string of the molecule is CC(N)C(CO)SCC1CCCC1. The van der Waals surface area contributed by atoms with Crippen molar-refractivity contribution in [3.63, 3.8) is 0 Å². The Labute approximate surface area is 85.3 Å². The second-order valence-electron chi connectivity index (χ2n) is 4.06. The Kier molecular flexibility index (Phi) is 5.14. The highest BCUT2D eigenvalue weighted by Gasteiger charge is 2.19. The van der Waals surface area contributed by atoms with E-state index in [2.05, 4.69) is 0 Å². The summed E-state index contributed by atoms with van der Waals surface area (Å²) in [6.45, 7) is 2.19. The summed E-state index contributed by atoms with van der Waals surface area (Å²) >= 11 is 1.85. The predicted molar refractivity (Wildman–Crippen MR) is 58.9 cm³/mol. The van der Waals surface area contributed by atoms with Crippen LogP contribution >= 0.6 is 11.8 Å². The van der Waals surface area contributed by atoms with Crippen LogP contribution in [0, 0.1) is 5.92 Å². The second kappa shape index (κ2) is 5.89. The lowest BCUT2D eigenvalue weighted by Crippen LogP contribution is -2.32. The summed E-state index contributed by atoms with van der Waals surface area (Å²) in [5, 5.41) is 9.31. The fraction of sp³-hybridized carbons (Fsp3) is 1.00. The molecule has 0 bridgehead atoms. The first kappa shape index (κ1) is 11.3. The smallest absolute Gasteiger partial charge is 0.0564 e.